The molecule has 1 N–H and O–H groups in total. The predicted octanol–water partition coefficient (Wildman–Crippen LogP) is 1.67. The minimum Gasteiger partial charge on any atom is -0.497 e. The lowest BCUT2D eigenvalue weighted by Gasteiger charge is -2.32. The van der Waals surface area contributed by atoms with E-state index in [2.05, 4.69) is 5.32 Å². The highest BCUT2D eigenvalue weighted by Crippen LogP contribution is 2.37. The second kappa shape index (κ2) is 3.38. The Kier molecular flexibility index (Phi) is 2.38. The van der Waals surface area contributed by atoms with Gasteiger partial charge in [0.05, 0.1) is 22.4 Å². The molecule has 0 amide bonds. The number of anilines is 1. The van der Waals surface area contributed by atoms with Crippen LogP contribution in [0.15, 0.2) is 23.1 Å². The van der Waals surface area contributed by atoms with E-state index in [4.69, 9.17) is 4.74 Å². The molecule has 16 heavy (non-hydrogen) atoms. The summed E-state index contributed by atoms with van der Waals surface area (Å²) in [6.07, 6.45) is 0. The Hall–Kier alpha value is -1.23. The van der Waals surface area contributed by atoms with Crippen LogP contribution in [0.2, 0.25) is 0 Å². The predicted molar refractivity (Wildman–Crippen MR) is 62.7 cm³/mol. The molecule has 0 atom stereocenters. The van der Waals surface area contributed by atoms with E-state index in [1.165, 1.54) is 0 Å². The second-order valence-corrected chi connectivity index (χ2v) is 7.03. The molecule has 0 saturated heterocycles. The van der Waals surface area contributed by atoms with Gasteiger partial charge in [-0.3, -0.25) is 0 Å². The molecule has 0 saturated carbocycles. The summed E-state index contributed by atoms with van der Waals surface area (Å²) in [4.78, 5) is 0.351. The van der Waals surface area contributed by atoms with E-state index in [0.717, 1.165) is 0 Å². The van der Waals surface area contributed by atoms with Gasteiger partial charge in [0.2, 0.25) is 0 Å². The standard InChI is InChI=1S/C11H15NO3S/c1-11(2)7-12-9-6-8(15-3)4-5-10(9)16(11,13)14/h4-6,12H,7H2,1-3H3. The average molecular weight is 241 g/mol. The van der Waals surface area contributed by atoms with Crippen molar-refractivity contribution < 1.29 is 13.2 Å². The van der Waals surface area contributed by atoms with Gasteiger partial charge in [-0.15, -0.1) is 0 Å². The lowest BCUT2D eigenvalue weighted by atomic mass is 10.2. The fraction of sp³-hybridized carbons (Fsp3) is 0.455. The molecule has 0 radical (unpaired) electrons. The van der Waals surface area contributed by atoms with Gasteiger partial charge in [0.1, 0.15) is 5.75 Å². The summed E-state index contributed by atoms with van der Waals surface area (Å²) in [6.45, 7) is 3.86. The van der Waals surface area contributed by atoms with Crippen LogP contribution < -0.4 is 10.1 Å². The quantitative estimate of drug-likeness (QED) is 0.812. The molecule has 4 nitrogen and oxygen atoms in total. The van der Waals surface area contributed by atoms with Crippen LogP contribution in [-0.4, -0.2) is 26.8 Å². The second-order valence-electron chi connectivity index (χ2n) is 4.48. The zero-order valence-corrected chi connectivity index (χ0v) is 10.4. The summed E-state index contributed by atoms with van der Waals surface area (Å²) in [5.74, 6) is 0.654. The zero-order valence-electron chi connectivity index (χ0n) is 9.57. The molecule has 0 fully saturated rings. The van der Waals surface area contributed by atoms with Gasteiger partial charge in [0, 0.05) is 12.6 Å². The topological polar surface area (TPSA) is 55.4 Å². The molecular weight excluding hydrogens is 226 g/mol. The number of methoxy groups -OCH3 is 1. The summed E-state index contributed by atoms with van der Waals surface area (Å²) < 4.78 is 28.8. The van der Waals surface area contributed by atoms with Gasteiger partial charge in [-0.25, -0.2) is 8.42 Å². The Morgan fingerprint density at radius 2 is 2.06 bits per heavy atom. The Morgan fingerprint density at radius 3 is 2.69 bits per heavy atom. The van der Waals surface area contributed by atoms with Gasteiger partial charge in [-0.05, 0) is 26.0 Å². The maximum atomic E-state index is 12.2. The molecule has 1 aromatic carbocycles. The third-order valence-corrected chi connectivity index (χ3v) is 5.44. The molecule has 88 valence electrons. The maximum absolute atomic E-state index is 12.2. The van der Waals surface area contributed by atoms with Crippen LogP contribution in [0.4, 0.5) is 5.69 Å². The Labute approximate surface area is 95.5 Å². The van der Waals surface area contributed by atoms with Crippen molar-refractivity contribution in [3.05, 3.63) is 18.2 Å². The van der Waals surface area contributed by atoms with Crippen LogP contribution in [-0.2, 0) is 9.84 Å². The molecule has 0 unspecified atom stereocenters. The minimum atomic E-state index is -3.26. The summed E-state index contributed by atoms with van der Waals surface area (Å²) in [5.41, 5.74) is 0.624. The summed E-state index contributed by atoms with van der Waals surface area (Å²) in [5, 5.41) is 3.12. The van der Waals surface area contributed by atoms with Gasteiger partial charge in [0.25, 0.3) is 0 Å². The van der Waals surface area contributed by atoms with Crippen molar-refractivity contribution in [1.29, 1.82) is 0 Å². The molecule has 1 aliphatic heterocycles. The molecule has 2 rings (SSSR count). The first kappa shape index (κ1) is 11.3. The first-order valence-electron chi connectivity index (χ1n) is 5.05. The SMILES string of the molecule is COc1ccc2c(c1)NCC(C)(C)S2(=O)=O. The molecule has 1 aliphatic rings. The monoisotopic (exact) mass is 241 g/mol. The highest BCUT2D eigenvalue weighted by atomic mass is 32.2. The van der Waals surface area contributed by atoms with Gasteiger partial charge < -0.3 is 10.1 Å². The average Bonchev–Trinajstić information content (AvgIpc) is 2.24. The summed E-state index contributed by atoms with van der Waals surface area (Å²) in [7, 11) is -1.70. The Bertz CT molecular complexity index is 520. The number of hydrogen-bond acceptors (Lipinski definition) is 4. The van der Waals surface area contributed by atoms with Crippen LogP contribution in [0.3, 0.4) is 0 Å². The Balaban J connectivity index is 2.62. The minimum absolute atomic E-state index is 0.351. The molecule has 5 heteroatoms. The third kappa shape index (κ3) is 1.46. The number of benzene rings is 1. The van der Waals surface area contributed by atoms with E-state index >= 15 is 0 Å². The van der Waals surface area contributed by atoms with E-state index < -0.39 is 14.6 Å². The molecule has 0 spiro atoms. The van der Waals surface area contributed by atoms with Crippen molar-refractivity contribution in [2.45, 2.75) is 23.5 Å². The van der Waals surface area contributed by atoms with Crippen LogP contribution in [0.1, 0.15) is 13.8 Å². The van der Waals surface area contributed by atoms with Gasteiger partial charge in [-0.1, -0.05) is 0 Å². The normalized spacial score (nSPS) is 20.7. The van der Waals surface area contributed by atoms with Gasteiger partial charge in [0.15, 0.2) is 9.84 Å². The number of sulfone groups is 1. The molecular formula is C11H15NO3S. The van der Waals surface area contributed by atoms with Gasteiger partial charge in [-0.2, -0.15) is 0 Å². The van der Waals surface area contributed by atoms with E-state index in [9.17, 15) is 8.42 Å². The van der Waals surface area contributed by atoms with E-state index in [1.54, 1.807) is 39.2 Å². The maximum Gasteiger partial charge on any atom is 0.187 e. The van der Waals surface area contributed by atoms with Crippen molar-refractivity contribution >= 4 is 15.5 Å². The first-order chi connectivity index (χ1) is 7.38. The molecule has 1 heterocycles. The lowest BCUT2D eigenvalue weighted by molar-refractivity contribution is 0.414. The van der Waals surface area contributed by atoms with Crippen LogP contribution in [0.25, 0.3) is 0 Å². The van der Waals surface area contributed by atoms with Crippen LogP contribution in [0, 0.1) is 0 Å². The highest BCUT2D eigenvalue weighted by Gasteiger charge is 2.40. The van der Waals surface area contributed by atoms with Crippen LogP contribution >= 0.6 is 0 Å². The van der Waals surface area contributed by atoms with Crippen molar-refractivity contribution in [3.63, 3.8) is 0 Å². The first-order valence-corrected chi connectivity index (χ1v) is 6.53. The number of rotatable bonds is 1. The zero-order chi connectivity index (χ0) is 12.0. The van der Waals surface area contributed by atoms with E-state index in [1.807, 2.05) is 0 Å². The third-order valence-electron chi connectivity index (χ3n) is 2.91. The number of nitrogens with one attached hydrogen (secondary N) is 1. The molecule has 0 bridgehead atoms. The fourth-order valence-electron chi connectivity index (χ4n) is 1.71. The van der Waals surface area contributed by atoms with Crippen LogP contribution in [0.5, 0.6) is 5.75 Å². The molecule has 0 aromatic heterocycles. The largest absolute Gasteiger partial charge is 0.497 e. The highest BCUT2D eigenvalue weighted by molar-refractivity contribution is 7.93. The number of hydrogen-bond donors (Lipinski definition) is 1. The van der Waals surface area contributed by atoms with Gasteiger partial charge >= 0.3 is 0 Å². The van der Waals surface area contributed by atoms with E-state index in [0.29, 0.717) is 22.9 Å². The van der Waals surface area contributed by atoms with Crippen molar-refractivity contribution in [3.8, 4) is 5.75 Å². The Morgan fingerprint density at radius 1 is 1.38 bits per heavy atom. The van der Waals surface area contributed by atoms with Crippen molar-refractivity contribution in [2.75, 3.05) is 19.0 Å². The van der Waals surface area contributed by atoms with Crippen molar-refractivity contribution in [2.24, 2.45) is 0 Å². The lowest BCUT2D eigenvalue weighted by Crippen LogP contribution is -2.42. The number of ether oxygens (including phenoxy) is 1. The smallest absolute Gasteiger partial charge is 0.187 e. The van der Waals surface area contributed by atoms with Crippen molar-refractivity contribution in [1.82, 2.24) is 0 Å². The molecule has 1 aromatic rings. The summed E-state index contributed by atoms with van der Waals surface area (Å²) in [6, 6.07) is 4.97. The summed E-state index contributed by atoms with van der Waals surface area (Å²) >= 11 is 0. The number of fused-ring (bicyclic) bond motifs is 1. The van der Waals surface area contributed by atoms with E-state index in [-0.39, 0.29) is 0 Å². The molecule has 0 aliphatic carbocycles. The fourth-order valence-corrected chi connectivity index (χ4v) is 3.23.